The van der Waals surface area contributed by atoms with E-state index in [0.29, 0.717) is 11.7 Å². The van der Waals surface area contributed by atoms with Crippen molar-refractivity contribution < 1.29 is 4.79 Å². The van der Waals surface area contributed by atoms with Crippen LogP contribution in [0.2, 0.25) is 0 Å². The average Bonchev–Trinajstić information content (AvgIpc) is 2.29. The second-order valence-electron chi connectivity index (χ2n) is 4.31. The molecular formula is C11H16N4OS. The van der Waals surface area contributed by atoms with Crippen LogP contribution in [-0.2, 0) is 6.54 Å². The second-order valence-corrected chi connectivity index (χ2v) is 5.08. The largest absolute Gasteiger partial charge is 0.325 e. The number of aromatic nitrogens is 2. The van der Waals surface area contributed by atoms with Crippen LogP contribution in [0, 0.1) is 0 Å². The van der Waals surface area contributed by atoms with Gasteiger partial charge in [-0.15, -0.1) is 0 Å². The first kappa shape index (κ1) is 12.2. The maximum atomic E-state index is 12.1. The summed E-state index contributed by atoms with van der Waals surface area (Å²) < 4.78 is 0. The van der Waals surface area contributed by atoms with E-state index < -0.39 is 0 Å². The molecule has 0 fully saturated rings. The minimum Gasteiger partial charge on any atom is -0.323 e. The minimum atomic E-state index is -0.00162. The zero-order valence-electron chi connectivity index (χ0n) is 10.5. The third-order valence-electron chi connectivity index (χ3n) is 2.69. The quantitative estimate of drug-likeness (QED) is 0.596. The average molecular weight is 252 g/mol. The van der Waals surface area contributed by atoms with Crippen LogP contribution in [-0.4, -0.2) is 40.2 Å². The third-order valence-corrected chi connectivity index (χ3v) is 3.25. The molecule has 6 heteroatoms. The number of thioether (sulfide) groups is 1. The normalized spacial score (nSPS) is 15.5. The van der Waals surface area contributed by atoms with Crippen LogP contribution in [0.1, 0.15) is 19.4 Å². The Morgan fingerprint density at radius 3 is 2.76 bits per heavy atom. The molecule has 1 aromatic heterocycles. The highest BCUT2D eigenvalue weighted by Crippen LogP contribution is 2.28. The summed E-state index contributed by atoms with van der Waals surface area (Å²) in [7, 11) is 1.79. The Morgan fingerprint density at radius 1 is 1.47 bits per heavy atom. The van der Waals surface area contributed by atoms with E-state index in [9.17, 15) is 4.79 Å². The number of nitrogens with zero attached hydrogens (tertiary/aromatic N) is 4. The molecule has 0 unspecified atom stereocenters. The van der Waals surface area contributed by atoms with Crippen LogP contribution < -0.4 is 4.90 Å². The second kappa shape index (κ2) is 4.52. The number of carbonyl (C=O) groups is 1. The Labute approximate surface area is 105 Å². The lowest BCUT2D eigenvalue weighted by atomic mass is 10.2. The van der Waals surface area contributed by atoms with E-state index in [-0.39, 0.29) is 12.1 Å². The number of amides is 2. The molecule has 92 valence electrons. The number of fused-ring (bicyclic) bond motifs is 1. The first-order chi connectivity index (χ1) is 8.04. The standard InChI is InChI=1S/C11H16N4OS/c1-7(2)15-9-8(6-14(3)11(15)16)5-12-10(13-9)17-4/h5,7H,6H2,1-4H3. The molecule has 2 rings (SSSR count). The number of anilines is 1. The van der Waals surface area contributed by atoms with Crippen LogP contribution >= 0.6 is 11.8 Å². The Bertz CT molecular complexity index is 449. The van der Waals surface area contributed by atoms with E-state index in [4.69, 9.17) is 0 Å². The van der Waals surface area contributed by atoms with Crippen LogP contribution in [0.15, 0.2) is 11.4 Å². The fraction of sp³-hybridized carbons (Fsp3) is 0.545. The zero-order valence-corrected chi connectivity index (χ0v) is 11.3. The predicted octanol–water partition coefficient (Wildman–Crippen LogP) is 1.98. The van der Waals surface area contributed by atoms with Gasteiger partial charge in [0.1, 0.15) is 5.82 Å². The Kier molecular flexibility index (Phi) is 3.24. The van der Waals surface area contributed by atoms with Gasteiger partial charge in [0.2, 0.25) is 0 Å². The van der Waals surface area contributed by atoms with Crippen molar-refractivity contribution in [3.63, 3.8) is 0 Å². The molecule has 0 spiro atoms. The van der Waals surface area contributed by atoms with E-state index in [1.165, 1.54) is 11.8 Å². The molecular weight excluding hydrogens is 236 g/mol. The summed E-state index contributed by atoms with van der Waals surface area (Å²) in [5.74, 6) is 0.752. The summed E-state index contributed by atoms with van der Waals surface area (Å²) in [6.07, 6.45) is 3.74. The molecule has 2 heterocycles. The molecule has 0 saturated carbocycles. The van der Waals surface area contributed by atoms with Crippen LogP contribution in [0.3, 0.4) is 0 Å². The summed E-state index contributed by atoms with van der Waals surface area (Å²) in [6.45, 7) is 4.55. The molecule has 1 aliphatic heterocycles. The molecule has 1 aromatic rings. The molecule has 0 N–H and O–H groups in total. The van der Waals surface area contributed by atoms with E-state index >= 15 is 0 Å². The van der Waals surface area contributed by atoms with Gasteiger partial charge in [0, 0.05) is 24.8 Å². The van der Waals surface area contributed by atoms with E-state index in [1.807, 2.05) is 26.3 Å². The van der Waals surface area contributed by atoms with Gasteiger partial charge in [-0.05, 0) is 20.1 Å². The zero-order chi connectivity index (χ0) is 12.6. The van der Waals surface area contributed by atoms with Crippen molar-refractivity contribution >= 4 is 23.6 Å². The molecule has 0 bridgehead atoms. The minimum absolute atomic E-state index is 0.00162. The number of rotatable bonds is 2. The Balaban J connectivity index is 2.51. The van der Waals surface area contributed by atoms with Crippen molar-refractivity contribution in [2.45, 2.75) is 31.6 Å². The summed E-state index contributed by atoms with van der Waals surface area (Å²) in [5, 5.41) is 0.701. The van der Waals surface area contributed by atoms with Gasteiger partial charge in [0.05, 0.1) is 6.54 Å². The first-order valence-corrected chi connectivity index (χ1v) is 6.71. The number of hydrogen-bond acceptors (Lipinski definition) is 4. The highest BCUT2D eigenvalue weighted by Gasteiger charge is 2.31. The van der Waals surface area contributed by atoms with Crippen molar-refractivity contribution in [3.05, 3.63) is 11.8 Å². The van der Waals surface area contributed by atoms with Gasteiger partial charge >= 0.3 is 6.03 Å². The third kappa shape index (κ3) is 2.09. The molecule has 5 nitrogen and oxygen atoms in total. The van der Waals surface area contributed by atoms with Gasteiger partial charge in [-0.2, -0.15) is 0 Å². The summed E-state index contributed by atoms with van der Waals surface area (Å²) in [6, 6.07) is 0.0897. The molecule has 0 atom stereocenters. The molecule has 0 aliphatic carbocycles. The Morgan fingerprint density at radius 2 is 2.18 bits per heavy atom. The highest BCUT2D eigenvalue weighted by molar-refractivity contribution is 7.98. The fourth-order valence-electron chi connectivity index (χ4n) is 1.86. The number of carbonyl (C=O) groups excluding carboxylic acids is 1. The maximum Gasteiger partial charge on any atom is 0.325 e. The van der Waals surface area contributed by atoms with Gasteiger partial charge in [0.25, 0.3) is 0 Å². The van der Waals surface area contributed by atoms with Crippen LogP contribution in [0.4, 0.5) is 10.6 Å². The molecule has 0 radical (unpaired) electrons. The van der Waals surface area contributed by atoms with Crippen molar-refractivity contribution in [2.24, 2.45) is 0 Å². The first-order valence-electron chi connectivity index (χ1n) is 5.48. The lowest BCUT2D eigenvalue weighted by Gasteiger charge is -2.36. The monoisotopic (exact) mass is 252 g/mol. The summed E-state index contributed by atoms with van der Waals surface area (Å²) >= 11 is 1.48. The van der Waals surface area contributed by atoms with Gasteiger partial charge in [-0.25, -0.2) is 14.8 Å². The molecule has 0 saturated heterocycles. The topological polar surface area (TPSA) is 49.3 Å². The van der Waals surface area contributed by atoms with Crippen LogP contribution in [0.5, 0.6) is 0 Å². The van der Waals surface area contributed by atoms with E-state index in [2.05, 4.69) is 9.97 Å². The fourth-order valence-corrected chi connectivity index (χ4v) is 2.20. The highest BCUT2D eigenvalue weighted by atomic mass is 32.2. The van der Waals surface area contributed by atoms with Gasteiger partial charge in [-0.1, -0.05) is 11.8 Å². The van der Waals surface area contributed by atoms with Crippen molar-refractivity contribution in [1.82, 2.24) is 14.9 Å². The SMILES string of the molecule is CSc1ncc2c(n1)N(C(C)C)C(=O)N(C)C2. The Hall–Kier alpha value is -1.30. The van der Waals surface area contributed by atoms with Crippen LogP contribution in [0.25, 0.3) is 0 Å². The number of hydrogen-bond donors (Lipinski definition) is 0. The lowest BCUT2D eigenvalue weighted by Crippen LogP contribution is -2.49. The van der Waals surface area contributed by atoms with Gasteiger partial charge in [-0.3, -0.25) is 4.90 Å². The van der Waals surface area contributed by atoms with E-state index in [0.717, 1.165) is 11.4 Å². The van der Waals surface area contributed by atoms with E-state index in [1.54, 1.807) is 16.8 Å². The molecule has 1 aliphatic rings. The predicted molar refractivity (Wildman–Crippen MR) is 68.3 cm³/mol. The molecule has 17 heavy (non-hydrogen) atoms. The van der Waals surface area contributed by atoms with Crippen molar-refractivity contribution in [3.8, 4) is 0 Å². The molecule has 2 amide bonds. The van der Waals surface area contributed by atoms with Gasteiger partial charge < -0.3 is 4.90 Å². The maximum absolute atomic E-state index is 12.1. The summed E-state index contributed by atoms with van der Waals surface area (Å²) in [4.78, 5) is 24.2. The summed E-state index contributed by atoms with van der Waals surface area (Å²) in [5.41, 5.74) is 0.999. The van der Waals surface area contributed by atoms with Crippen molar-refractivity contribution in [2.75, 3.05) is 18.2 Å². The van der Waals surface area contributed by atoms with Gasteiger partial charge in [0.15, 0.2) is 5.16 Å². The molecule has 0 aromatic carbocycles. The smallest absolute Gasteiger partial charge is 0.323 e. The van der Waals surface area contributed by atoms with Crippen molar-refractivity contribution in [1.29, 1.82) is 0 Å². The lowest BCUT2D eigenvalue weighted by molar-refractivity contribution is 0.208. The number of urea groups is 1.